The third kappa shape index (κ3) is 3.35. The van der Waals surface area contributed by atoms with E-state index in [4.69, 9.17) is 0 Å². The number of carbonyl (C=O) groups excluding carboxylic acids is 2. The molecule has 1 aliphatic rings. The summed E-state index contributed by atoms with van der Waals surface area (Å²) in [5.41, 5.74) is 1.63. The molecule has 28 heavy (non-hydrogen) atoms. The average Bonchev–Trinajstić information content (AvgIpc) is 2.80. The van der Waals surface area contributed by atoms with Gasteiger partial charge < -0.3 is 16.0 Å². The second-order valence-electron chi connectivity index (χ2n) is 6.46. The van der Waals surface area contributed by atoms with Gasteiger partial charge in [-0.05, 0) is 23.6 Å². The molecule has 0 radical (unpaired) electrons. The lowest BCUT2D eigenvalue weighted by molar-refractivity contribution is -0.384. The molecule has 8 heteroatoms. The molecule has 1 aliphatic heterocycles. The van der Waals surface area contributed by atoms with Crippen LogP contribution >= 0.6 is 0 Å². The highest BCUT2D eigenvalue weighted by Gasteiger charge is 2.26. The van der Waals surface area contributed by atoms with Gasteiger partial charge in [0.1, 0.15) is 6.04 Å². The summed E-state index contributed by atoms with van der Waals surface area (Å²) in [6, 6.07) is 16.2. The standard InChI is InChI=1S/C20H16N4O4/c25-18(21-13-6-3-7-14(10-13)24(27)28)11-17-20(26)23-16-9-2-5-12-4-1-8-15(22-17)19(12)16/h1-10,17,22H,11H2,(H,21,25)(H,23,26)/t17-/m0/s1. The van der Waals surface area contributed by atoms with Crippen LogP contribution in [-0.2, 0) is 9.59 Å². The number of nitro groups is 1. The van der Waals surface area contributed by atoms with Crippen LogP contribution in [0.2, 0.25) is 0 Å². The maximum Gasteiger partial charge on any atom is 0.271 e. The zero-order chi connectivity index (χ0) is 19.7. The SMILES string of the molecule is O=C(C[C@@H]1Nc2cccc3cccc(c23)NC1=O)Nc1cccc([N+](=O)[O-])c1. The summed E-state index contributed by atoms with van der Waals surface area (Å²) >= 11 is 0. The molecule has 2 amide bonds. The van der Waals surface area contributed by atoms with Crippen molar-refractivity contribution < 1.29 is 14.5 Å². The molecule has 0 fully saturated rings. The highest BCUT2D eigenvalue weighted by molar-refractivity contribution is 6.13. The first-order chi connectivity index (χ1) is 13.5. The molecule has 0 saturated heterocycles. The highest BCUT2D eigenvalue weighted by atomic mass is 16.6. The zero-order valence-electron chi connectivity index (χ0n) is 14.6. The van der Waals surface area contributed by atoms with Crippen LogP contribution < -0.4 is 16.0 Å². The van der Waals surface area contributed by atoms with Crippen molar-refractivity contribution in [2.45, 2.75) is 12.5 Å². The Hall–Kier alpha value is -3.94. The summed E-state index contributed by atoms with van der Waals surface area (Å²) in [6.45, 7) is 0. The Kier molecular flexibility index (Phi) is 4.36. The Morgan fingerprint density at radius 2 is 1.79 bits per heavy atom. The van der Waals surface area contributed by atoms with Gasteiger partial charge in [-0.1, -0.05) is 30.3 Å². The summed E-state index contributed by atoms with van der Waals surface area (Å²) in [7, 11) is 0. The van der Waals surface area contributed by atoms with Crippen molar-refractivity contribution in [1.29, 1.82) is 0 Å². The van der Waals surface area contributed by atoms with Crippen molar-refractivity contribution in [2.75, 3.05) is 16.0 Å². The number of rotatable bonds is 4. The van der Waals surface area contributed by atoms with Gasteiger partial charge >= 0.3 is 0 Å². The van der Waals surface area contributed by atoms with Crippen LogP contribution in [0, 0.1) is 10.1 Å². The van der Waals surface area contributed by atoms with Gasteiger partial charge in [0.15, 0.2) is 0 Å². The van der Waals surface area contributed by atoms with Gasteiger partial charge in [0.05, 0.1) is 17.0 Å². The number of nitrogens with one attached hydrogen (secondary N) is 3. The molecule has 140 valence electrons. The van der Waals surface area contributed by atoms with Gasteiger partial charge in [0.25, 0.3) is 5.69 Å². The molecule has 0 bridgehead atoms. The van der Waals surface area contributed by atoms with Crippen molar-refractivity contribution in [1.82, 2.24) is 0 Å². The molecular weight excluding hydrogens is 360 g/mol. The quantitative estimate of drug-likeness (QED) is 0.476. The van der Waals surface area contributed by atoms with Crippen LogP contribution in [0.1, 0.15) is 6.42 Å². The maximum absolute atomic E-state index is 12.6. The molecule has 3 aromatic rings. The fraction of sp³-hybridized carbons (Fsp3) is 0.100. The first-order valence-electron chi connectivity index (χ1n) is 8.65. The summed E-state index contributed by atoms with van der Waals surface area (Å²) in [5.74, 6) is -0.746. The maximum atomic E-state index is 12.6. The lowest BCUT2D eigenvalue weighted by Crippen LogP contribution is -2.36. The summed E-state index contributed by atoms with van der Waals surface area (Å²) in [4.78, 5) is 35.4. The predicted molar refractivity (Wildman–Crippen MR) is 106 cm³/mol. The normalized spacial score (nSPS) is 15.3. The molecule has 3 aromatic carbocycles. The Morgan fingerprint density at radius 1 is 1.07 bits per heavy atom. The number of nitro benzene ring substituents is 1. The molecule has 1 heterocycles. The number of hydrogen-bond acceptors (Lipinski definition) is 5. The number of amides is 2. The molecule has 0 saturated carbocycles. The van der Waals surface area contributed by atoms with Gasteiger partial charge in [0.2, 0.25) is 11.8 Å². The van der Waals surface area contributed by atoms with Crippen LogP contribution in [0.4, 0.5) is 22.7 Å². The smallest absolute Gasteiger partial charge is 0.271 e. The highest BCUT2D eigenvalue weighted by Crippen LogP contribution is 2.33. The molecule has 0 aliphatic carbocycles. The summed E-state index contributed by atoms with van der Waals surface area (Å²) in [5, 5.41) is 21.3. The van der Waals surface area contributed by atoms with Crippen molar-refractivity contribution in [3.05, 3.63) is 70.8 Å². The number of non-ortho nitro benzene ring substituents is 1. The van der Waals surface area contributed by atoms with E-state index in [-0.39, 0.29) is 18.0 Å². The second-order valence-corrected chi connectivity index (χ2v) is 6.46. The topological polar surface area (TPSA) is 113 Å². The number of benzene rings is 3. The predicted octanol–water partition coefficient (Wildman–Crippen LogP) is 3.51. The first-order valence-corrected chi connectivity index (χ1v) is 8.65. The monoisotopic (exact) mass is 376 g/mol. The largest absolute Gasteiger partial charge is 0.373 e. The molecule has 1 atom stereocenters. The summed E-state index contributed by atoms with van der Waals surface area (Å²) < 4.78 is 0. The van der Waals surface area contributed by atoms with E-state index < -0.39 is 16.9 Å². The van der Waals surface area contributed by atoms with E-state index >= 15 is 0 Å². The molecule has 8 nitrogen and oxygen atoms in total. The molecular formula is C20H16N4O4. The van der Waals surface area contributed by atoms with Crippen LogP contribution in [0.25, 0.3) is 10.8 Å². The fourth-order valence-electron chi connectivity index (χ4n) is 3.28. The van der Waals surface area contributed by atoms with Gasteiger partial charge in [0, 0.05) is 28.9 Å². The first kappa shape index (κ1) is 17.5. The van der Waals surface area contributed by atoms with E-state index in [2.05, 4.69) is 16.0 Å². The van der Waals surface area contributed by atoms with Gasteiger partial charge in [-0.25, -0.2) is 0 Å². The van der Waals surface area contributed by atoms with E-state index in [1.54, 1.807) is 6.07 Å². The Balaban J connectivity index is 1.54. The molecule has 0 unspecified atom stereocenters. The number of nitrogens with zero attached hydrogens (tertiary/aromatic N) is 1. The van der Waals surface area contributed by atoms with E-state index in [1.165, 1.54) is 18.2 Å². The van der Waals surface area contributed by atoms with Gasteiger partial charge in [-0.3, -0.25) is 19.7 Å². The van der Waals surface area contributed by atoms with E-state index in [9.17, 15) is 19.7 Å². The number of anilines is 3. The minimum absolute atomic E-state index is 0.120. The molecule has 0 spiro atoms. The molecule has 0 aromatic heterocycles. The van der Waals surface area contributed by atoms with Crippen LogP contribution in [0.15, 0.2) is 60.7 Å². The lowest BCUT2D eigenvalue weighted by atomic mass is 10.1. The van der Waals surface area contributed by atoms with Crippen molar-refractivity contribution >= 4 is 45.3 Å². The molecule has 3 N–H and O–H groups in total. The Morgan fingerprint density at radius 3 is 2.54 bits per heavy atom. The average molecular weight is 376 g/mol. The van der Waals surface area contributed by atoms with Crippen LogP contribution in [0.5, 0.6) is 0 Å². The van der Waals surface area contributed by atoms with E-state index in [1.807, 2.05) is 36.4 Å². The summed E-state index contributed by atoms with van der Waals surface area (Å²) in [6.07, 6.45) is -0.126. The Bertz CT molecular complexity index is 1110. The fourth-order valence-corrected chi connectivity index (χ4v) is 3.28. The zero-order valence-corrected chi connectivity index (χ0v) is 14.6. The van der Waals surface area contributed by atoms with Crippen molar-refractivity contribution in [3.63, 3.8) is 0 Å². The Labute approximate surface area is 159 Å². The van der Waals surface area contributed by atoms with E-state index in [0.717, 1.165) is 16.5 Å². The number of carbonyl (C=O) groups is 2. The lowest BCUT2D eigenvalue weighted by Gasteiger charge is -2.16. The van der Waals surface area contributed by atoms with Crippen molar-refractivity contribution in [3.8, 4) is 0 Å². The third-order valence-electron chi connectivity index (χ3n) is 4.54. The number of hydrogen-bond donors (Lipinski definition) is 3. The van der Waals surface area contributed by atoms with Gasteiger partial charge in [-0.15, -0.1) is 0 Å². The minimum atomic E-state index is -0.781. The van der Waals surface area contributed by atoms with Crippen LogP contribution in [-0.4, -0.2) is 22.8 Å². The van der Waals surface area contributed by atoms with Gasteiger partial charge in [-0.2, -0.15) is 0 Å². The minimum Gasteiger partial charge on any atom is -0.373 e. The second kappa shape index (κ2) is 6.99. The van der Waals surface area contributed by atoms with E-state index in [0.29, 0.717) is 11.4 Å². The third-order valence-corrected chi connectivity index (χ3v) is 4.54. The van der Waals surface area contributed by atoms with Crippen molar-refractivity contribution in [2.24, 2.45) is 0 Å². The van der Waals surface area contributed by atoms with Crippen LogP contribution in [0.3, 0.4) is 0 Å². The molecule has 4 rings (SSSR count).